The van der Waals surface area contributed by atoms with E-state index in [1.165, 1.54) is 0 Å². The van der Waals surface area contributed by atoms with Gasteiger partial charge in [0.15, 0.2) is 11.5 Å². The first-order valence-corrected chi connectivity index (χ1v) is 6.12. The molecule has 0 spiro atoms. The van der Waals surface area contributed by atoms with Gasteiger partial charge in [-0.05, 0) is 24.6 Å². The zero-order valence-electron chi connectivity index (χ0n) is 10.7. The largest absolute Gasteiger partial charge is 0.490 e. The van der Waals surface area contributed by atoms with Crippen LogP contribution in [0.5, 0.6) is 11.5 Å². The van der Waals surface area contributed by atoms with Crippen LogP contribution in [0, 0.1) is 0 Å². The zero-order chi connectivity index (χ0) is 13.2. The summed E-state index contributed by atoms with van der Waals surface area (Å²) in [6, 6.07) is 5.66. The number of ether oxygens (including phenoxy) is 2. The van der Waals surface area contributed by atoms with E-state index in [1.807, 2.05) is 25.1 Å². The maximum absolute atomic E-state index is 8.75. The van der Waals surface area contributed by atoms with Crippen molar-refractivity contribution < 1.29 is 19.7 Å². The van der Waals surface area contributed by atoms with E-state index in [0.717, 1.165) is 5.56 Å². The summed E-state index contributed by atoms with van der Waals surface area (Å²) in [5, 5.41) is 20.5. The van der Waals surface area contributed by atoms with Crippen molar-refractivity contribution in [3.05, 3.63) is 23.8 Å². The Bertz CT molecular complexity index is 344. The fraction of sp³-hybridized carbons (Fsp3) is 0.538. The molecular weight excluding hydrogens is 234 g/mol. The third kappa shape index (κ3) is 4.91. The highest BCUT2D eigenvalue weighted by Gasteiger charge is 2.06. The van der Waals surface area contributed by atoms with Crippen LogP contribution in [0.15, 0.2) is 18.2 Å². The summed E-state index contributed by atoms with van der Waals surface area (Å²) in [6.07, 6.45) is 0. The van der Waals surface area contributed by atoms with Crippen molar-refractivity contribution in [2.24, 2.45) is 0 Å². The number of benzene rings is 1. The standard InChI is InChI=1S/C13H21NO4/c1-2-17-13-9-11(10-14-5-6-15)3-4-12(13)18-8-7-16/h3-4,9,14-16H,2,5-8,10H2,1H3. The van der Waals surface area contributed by atoms with Gasteiger partial charge < -0.3 is 25.0 Å². The molecule has 0 aromatic heterocycles. The summed E-state index contributed by atoms with van der Waals surface area (Å²) in [5.41, 5.74) is 1.06. The van der Waals surface area contributed by atoms with Crippen LogP contribution in [-0.4, -0.2) is 43.2 Å². The predicted molar refractivity (Wildman–Crippen MR) is 69.0 cm³/mol. The Kier molecular flexibility index (Phi) is 7.17. The molecule has 0 aliphatic heterocycles. The van der Waals surface area contributed by atoms with Gasteiger partial charge in [0.2, 0.25) is 0 Å². The van der Waals surface area contributed by atoms with E-state index in [1.54, 1.807) is 0 Å². The molecular formula is C13H21NO4. The molecule has 0 atom stereocenters. The molecule has 0 amide bonds. The second-order valence-corrected chi connectivity index (χ2v) is 3.69. The highest BCUT2D eigenvalue weighted by atomic mass is 16.5. The molecule has 5 heteroatoms. The van der Waals surface area contributed by atoms with Crippen molar-refractivity contribution in [3.63, 3.8) is 0 Å². The number of aliphatic hydroxyl groups is 2. The fourth-order valence-corrected chi connectivity index (χ4v) is 1.52. The Hall–Kier alpha value is -1.30. The van der Waals surface area contributed by atoms with Gasteiger partial charge in [0.25, 0.3) is 0 Å². The minimum atomic E-state index is -0.0224. The maximum atomic E-state index is 8.75. The van der Waals surface area contributed by atoms with Gasteiger partial charge in [-0.15, -0.1) is 0 Å². The van der Waals surface area contributed by atoms with Gasteiger partial charge in [-0.2, -0.15) is 0 Å². The Labute approximate surface area is 107 Å². The second-order valence-electron chi connectivity index (χ2n) is 3.69. The van der Waals surface area contributed by atoms with Gasteiger partial charge in [-0.3, -0.25) is 0 Å². The van der Waals surface area contributed by atoms with Crippen molar-refractivity contribution in [1.82, 2.24) is 5.32 Å². The Balaban J connectivity index is 2.68. The lowest BCUT2D eigenvalue weighted by atomic mass is 10.2. The van der Waals surface area contributed by atoms with Crippen LogP contribution in [0.1, 0.15) is 12.5 Å². The quantitative estimate of drug-likeness (QED) is 0.562. The summed E-state index contributed by atoms with van der Waals surface area (Å²) in [5.74, 6) is 1.31. The smallest absolute Gasteiger partial charge is 0.161 e. The van der Waals surface area contributed by atoms with Gasteiger partial charge in [0, 0.05) is 13.1 Å². The van der Waals surface area contributed by atoms with Crippen molar-refractivity contribution in [2.75, 3.05) is 33.0 Å². The van der Waals surface area contributed by atoms with Crippen LogP contribution in [0.25, 0.3) is 0 Å². The molecule has 102 valence electrons. The third-order valence-electron chi connectivity index (χ3n) is 2.27. The molecule has 0 radical (unpaired) electrons. The van der Waals surface area contributed by atoms with Crippen LogP contribution in [0.2, 0.25) is 0 Å². The van der Waals surface area contributed by atoms with Crippen LogP contribution in [-0.2, 0) is 6.54 Å². The molecule has 1 rings (SSSR count). The molecule has 18 heavy (non-hydrogen) atoms. The van der Waals surface area contributed by atoms with E-state index < -0.39 is 0 Å². The molecule has 0 aliphatic carbocycles. The second kappa shape index (κ2) is 8.74. The molecule has 0 unspecified atom stereocenters. The Morgan fingerprint density at radius 3 is 2.61 bits per heavy atom. The van der Waals surface area contributed by atoms with Gasteiger partial charge >= 0.3 is 0 Å². The van der Waals surface area contributed by atoms with E-state index in [4.69, 9.17) is 19.7 Å². The number of hydrogen-bond acceptors (Lipinski definition) is 5. The number of nitrogens with one attached hydrogen (secondary N) is 1. The monoisotopic (exact) mass is 255 g/mol. The topological polar surface area (TPSA) is 71.0 Å². The minimum Gasteiger partial charge on any atom is -0.490 e. The Morgan fingerprint density at radius 2 is 1.94 bits per heavy atom. The average Bonchev–Trinajstić information content (AvgIpc) is 2.38. The van der Waals surface area contributed by atoms with E-state index in [0.29, 0.717) is 31.2 Å². The SMILES string of the molecule is CCOc1cc(CNCCO)ccc1OCCO. The number of aliphatic hydroxyl groups excluding tert-OH is 2. The molecule has 0 bridgehead atoms. The first-order chi connectivity index (χ1) is 8.81. The minimum absolute atomic E-state index is 0.0224. The van der Waals surface area contributed by atoms with Gasteiger partial charge in [0.05, 0.1) is 19.8 Å². The predicted octanol–water partition coefficient (Wildman–Crippen LogP) is 0.538. The van der Waals surface area contributed by atoms with E-state index in [2.05, 4.69) is 5.32 Å². The zero-order valence-corrected chi connectivity index (χ0v) is 10.7. The third-order valence-corrected chi connectivity index (χ3v) is 2.27. The van der Waals surface area contributed by atoms with Crippen LogP contribution in [0.3, 0.4) is 0 Å². The lowest BCUT2D eigenvalue weighted by molar-refractivity contribution is 0.194. The van der Waals surface area contributed by atoms with Gasteiger partial charge in [-0.25, -0.2) is 0 Å². The summed E-state index contributed by atoms with van der Waals surface area (Å²) in [7, 11) is 0. The number of rotatable bonds is 9. The average molecular weight is 255 g/mol. The molecule has 1 aromatic carbocycles. The Morgan fingerprint density at radius 1 is 1.11 bits per heavy atom. The molecule has 3 N–H and O–H groups in total. The van der Waals surface area contributed by atoms with Crippen molar-refractivity contribution in [2.45, 2.75) is 13.5 Å². The van der Waals surface area contributed by atoms with Crippen molar-refractivity contribution in [1.29, 1.82) is 0 Å². The normalized spacial score (nSPS) is 10.4. The van der Waals surface area contributed by atoms with Gasteiger partial charge in [-0.1, -0.05) is 6.07 Å². The van der Waals surface area contributed by atoms with Crippen LogP contribution >= 0.6 is 0 Å². The van der Waals surface area contributed by atoms with E-state index in [9.17, 15) is 0 Å². The first-order valence-electron chi connectivity index (χ1n) is 6.12. The fourth-order valence-electron chi connectivity index (χ4n) is 1.52. The highest BCUT2D eigenvalue weighted by Crippen LogP contribution is 2.28. The van der Waals surface area contributed by atoms with E-state index >= 15 is 0 Å². The number of hydrogen-bond donors (Lipinski definition) is 3. The summed E-state index contributed by atoms with van der Waals surface area (Å²) in [6.45, 7) is 4.05. The van der Waals surface area contributed by atoms with Crippen LogP contribution < -0.4 is 14.8 Å². The van der Waals surface area contributed by atoms with Crippen molar-refractivity contribution >= 4 is 0 Å². The van der Waals surface area contributed by atoms with Crippen LogP contribution in [0.4, 0.5) is 0 Å². The van der Waals surface area contributed by atoms with Crippen molar-refractivity contribution in [3.8, 4) is 11.5 Å². The summed E-state index contributed by atoms with van der Waals surface area (Å²) >= 11 is 0. The molecule has 1 aromatic rings. The first kappa shape index (κ1) is 14.8. The summed E-state index contributed by atoms with van der Waals surface area (Å²) < 4.78 is 10.9. The molecule has 5 nitrogen and oxygen atoms in total. The highest BCUT2D eigenvalue weighted by molar-refractivity contribution is 5.43. The molecule has 0 saturated heterocycles. The van der Waals surface area contributed by atoms with Gasteiger partial charge in [0.1, 0.15) is 6.61 Å². The molecule has 0 fully saturated rings. The summed E-state index contributed by atoms with van der Waals surface area (Å²) in [4.78, 5) is 0. The molecule has 0 saturated carbocycles. The lowest BCUT2D eigenvalue weighted by Gasteiger charge is -2.13. The lowest BCUT2D eigenvalue weighted by Crippen LogP contribution is -2.17. The van der Waals surface area contributed by atoms with E-state index in [-0.39, 0.29) is 19.8 Å². The molecule has 0 heterocycles. The maximum Gasteiger partial charge on any atom is 0.161 e. The molecule has 0 aliphatic rings.